The van der Waals surface area contributed by atoms with Crippen LogP contribution in [0.15, 0.2) is 0 Å². The molecule has 0 saturated carbocycles. The van der Waals surface area contributed by atoms with Crippen molar-refractivity contribution in [2.24, 2.45) is 0 Å². The fraction of sp³-hybridized carbons (Fsp3) is 0.667. The van der Waals surface area contributed by atoms with Gasteiger partial charge in [0.25, 0.3) is 0 Å². The van der Waals surface area contributed by atoms with E-state index in [0.29, 0.717) is 17.3 Å². The number of nitrogens with zero attached hydrogens (tertiary/aromatic N) is 3. The van der Waals surface area contributed by atoms with Crippen LogP contribution in [-0.4, -0.2) is 45.3 Å². The minimum absolute atomic E-state index is 0.0581. The molecule has 0 aliphatic heterocycles. The number of hydrogen-bond donors (Lipinski definition) is 0. The molecule has 0 spiro atoms. The first-order valence-corrected chi connectivity index (χ1v) is 7.73. The normalized spacial score (nSPS) is 12.6. The van der Waals surface area contributed by atoms with Crippen LogP contribution in [0.25, 0.3) is 0 Å². The van der Waals surface area contributed by atoms with Crippen molar-refractivity contribution < 1.29 is 13.7 Å². The van der Waals surface area contributed by atoms with Gasteiger partial charge in [0.1, 0.15) is 0 Å². The van der Waals surface area contributed by atoms with Crippen LogP contribution in [0.3, 0.4) is 0 Å². The van der Waals surface area contributed by atoms with E-state index in [1.54, 1.807) is 25.0 Å². The molecule has 19 heavy (non-hydrogen) atoms. The van der Waals surface area contributed by atoms with Crippen LogP contribution in [0, 0.1) is 6.92 Å². The maximum absolute atomic E-state index is 11.7. The standard InChI is InChI=1S/C12H21N3O3S/c1-8(2)15-11(18-12(16)14(4)5)9(3)10(13-15)7-19(6)17/h8H,7H2,1-6H3. The Bertz CT molecular complexity index is 495. The van der Waals surface area contributed by atoms with Crippen molar-refractivity contribution in [2.45, 2.75) is 32.6 Å². The number of amides is 1. The summed E-state index contributed by atoms with van der Waals surface area (Å²) in [6.07, 6.45) is 1.17. The first-order chi connectivity index (χ1) is 8.73. The van der Waals surface area contributed by atoms with Crippen LogP contribution in [0.2, 0.25) is 0 Å². The van der Waals surface area contributed by atoms with Crippen molar-refractivity contribution in [2.75, 3.05) is 20.4 Å². The number of rotatable bonds is 4. The highest BCUT2D eigenvalue weighted by molar-refractivity contribution is 7.83. The molecule has 1 unspecified atom stereocenters. The lowest BCUT2D eigenvalue weighted by molar-refractivity contribution is 0.166. The molecule has 1 heterocycles. The van der Waals surface area contributed by atoms with Crippen molar-refractivity contribution in [3.8, 4) is 5.88 Å². The van der Waals surface area contributed by atoms with Crippen molar-refractivity contribution in [3.05, 3.63) is 11.3 Å². The van der Waals surface area contributed by atoms with Gasteiger partial charge in [0.15, 0.2) is 0 Å². The second-order valence-corrected chi connectivity index (χ2v) is 6.33. The van der Waals surface area contributed by atoms with Gasteiger partial charge in [-0.3, -0.25) is 4.21 Å². The summed E-state index contributed by atoms with van der Waals surface area (Å²) in [5, 5.41) is 4.39. The molecule has 0 radical (unpaired) electrons. The SMILES string of the molecule is Cc1c(CS(C)=O)nn(C(C)C)c1OC(=O)N(C)C. The summed E-state index contributed by atoms with van der Waals surface area (Å²) in [6.45, 7) is 5.73. The average molecular weight is 287 g/mol. The lowest BCUT2D eigenvalue weighted by Gasteiger charge is -2.14. The molecular formula is C12H21N3O3S. The molecule has 108 valence electrons. The Labute approximate surface area is 116 Å². The predicted molar refractivity (Wildman–Crippen MR) is 74.8 cm³/mol. The van der Waals surface area contributed by atoms with Crippen LogP contribution in [-0.2, 0) is 16.6 Å². The van der Waals surface area contributed by atoms with Gasteiger partial charge in [-0.05, 0) is 20.8 Å². The minimum atomic E-state index is -0.983. The molecule has 1 rings (SSSR count). The molecule has 0 aromatic carbocycles. The third kappa shape index (κ3) is 3.79. The van der Waals surface area contributed by atoms with E-state index < -0.39 is 16.9 Å². The minimum Gasteiger partial charge on any atom is -0.391 e. The Morgan fingerprint density at radius 3 is 2.47 bits per heavy atom. The maximum atomic E-state index is 11.7. The van der Waals surface area contributed by atoms with Gasteiger partial charge in [0, 0.05) is 36.7 Å². The Balaban J connectivity index is 3.16. The molecule has 0 aliphatic carbocycles. The molecule has 0 fully saturated rings. The monoisotopic (exact) mass is 287 g/mol. The smallest absolute Gasteiger partial charge is 0.391 e. The maximum Gasteiger partial charge on any atom is 0.416 e. The van der Waals surface area contributed by atoms with E-state index in [-0.39, 0.29) is 6.04 Å². The molecule has 0 saturated heterocycles. The number of carbonyl (C=O) groups excluding carboxylic acids is 1. The quantitative estimate of drug-likeness (QED) is 0.845. The largest absolute Gasteiger partial charge is 0.416 e. The number of hydrogen-bond acceptors (Lipinski definition) is 4. The second-order valence-electron chi connectivity index (χ2n) is 4.90. The third-order valence-electron chi connectivity index (χ3n) is 2.57. The van der Waals surface area contributed by atoms with Crippen molar-refractivity contribution in [3.63, 3.8) is 0 Å². The molecule has 1 aromatic heterocycles. The molecule has 0 aliphatic rings. The van der Waals surface area contributed by atoms with E-state index in [9.17, 15) is 9.00 Å². The predicted octanol–water partition coefficient (Wildman–Crippen LogP) is 1.71. The highest BCUT2D eigenvalue weighted by atomic mass is 32.2. The van der Waals surface area contributed by atoms with E-state index in [1.807, 2.05) is 20.8 Å². The zero-order valence-corrected chi connectivity index (χ0v) is 13.1. The summed E-state index contributed by atoms with van der Waals surface area (Å²) in [5.74, 6) is 0.784. The summed E-state index contributed by atoms with van der Waals surface area (Å²) in [6, 6.07) is 0.0581. The van der Waals surface area contributed by atoms with E-state index in [1.165, 1.54) is 4.90 Å². The Hall–Kier alpha value is -1.37. The van der Waals surface area contributed by atoms with Crippen LogP contribution < -0.4 is 4.74 Å². The van der Waals surface area contributed by atoms with E-state index in [2.05, 4.69) is 5.10 Å². The Morgan fingerprint density at radius 1 is 1.47 bits per heavy atom. The molecule has 1 atom stereocenters. The van der Waals surface area contributed by atoms with Gasteiger partial charge in [0.2, 0.25) is 5.88 Å². The van der Waals surface area contributed by atoms with Gasteiger partial charge < -0.3 is 9.64 Å². The van der Waals surface area contributed by atoms with Gasteiger partial charge in [-0.1, -0.05) is 0 Å². The fourth-order valence-corrected chi connectivity index (χ4v) is 2.18. The molecule has 1 amide bonds. The molecule has 7 heteroatoms. The highest BCUT2D eigenvalue weighted by Gasteiger charge is 2.21. The van der Waals surface area contributed by atoms with Gasteiger partial charge in [-0.15, -0.1) is 0 Å². The Kier molecular flexibility index (Phi) is 5.11. The first kappa shape index (κ1) is 15.7. The molecule has 0 N–H and O–H groups in total. The van der Waals surface area contributed by atoms with Crippen LogP contribution >= 0.6 is 0 Å². The summed E-state index contributed by atoms with van der Waals surface area (Å²) in [4.78, 5) is 13.0. The van der Waals surface area contributed by atoms with Gasteiger partial charge in [-0.25, -0.2) is 9.48 Å². The van der Waals surface area contributed by atoms with Crippen LogP contribution in [0.4, 0.5) is 4.79 Å². The number of carbonyl (C=O) groups is 1. The van der Waals surface area contributed by atoms with Crippen LogP contribution in [0.1, 0.15) is 31.1 Å². The van der Waals surface area contributed by atoms with Crippen molar-refractivity contribution >= 4 is 16.9 Å². The van der Waals surface area contributed by atoms with Crippen molar-refractivity contribution in [1.82, 2.24) is 14.7 Å². The molecule has 1 aromatic rings. The first-order valence-electron chi connectivity index (χ1n) is 6.01. The Morgan fingerprint density at radius 2 is 2.05 bits per heavy atom. The summed E-state index contributed by atoms with van der Waals surface area (Å²) in [5.41, 5.74) is 1.47. The molecular weight excluding hydrogens is 266 g/mol. The number of aromatic nitrogens is 2. The fourth-order valence-electron chi connectivity index (χ4n) is 1.52. The highest BCUT2D eigenvalue weighted by Crippen LogP contribution is 2.26. The average Bonchev–Trinajstić information content (AvgIpc) is 2.57. The molecule has 6 nitrogen and oxygen atoms in total. The lowest BCUT2D eigenvalue weighted by atomic mass is 10.3. The summed E-state index contributed by atoms with van der Waals surface area (Å²) >= 11 is 0. The van der Waals surface area contributed by atoms with Gasteiger partial charge in [0.05, 0.1) is 17.5 Å². The van der Waals surface area contributed by atoms with Crippen LogP contribution in [0.5, 0.6) is 5.88 Å². The third-order valence-corrected chi connectivity index (χ3v) is 3.25. The summed E-state index contributed by atoms with van der Waals surface area (Å²) < 4.78 is 18.3. The molecule has 0 bridgehead atoms. The van der Waals surface area contributed by atoms with E-state index >= 15 is 0 Å². The van der Waals surface area contributed by atoms with E-state index in [0.717, 1.165) is 5.56 Å². The lowest BCUT2D eigenvalue weighted by Crippen LogP contribution is -2.26. The van der Waals surface area contributed by atoms with E-state index in [4.69, 9.17) is 4.74 Å². The van der Waals surface area contributed by atoms with Gasteiger partial charge >= 0.3 is 6.09 Å². The topological polar surface area (TPSA) is 64.4 Å². The second kappa shape index (κ2) is 6.18. The van der Waals surface area contributed by atoms with Crippen molar-refractivity contribution in [1.29, 1.82) is 0 Å². The zero-order valence-electron chi connectivity index (χ0n) is 12.3. The number of ether oxygens (including phenoxy) is 1. The van der Waals surface area contributed by atoms with Gasteiger partial charge in [-0.2, -0.15) is 5.10 Å². The zero-order chi connectivity index (χ0) is 14.7. The summed E-state index contributed by atoms with van der Waals surface area (Å²) in [7, 11) is 2.26.